The van der Waals surface area contributed by atoms with Gasteiger partial charge in [-0.25, -0.2) is 9.59 Å². The standard InChI is InChI=1S/C20H18ClN3O4.ClH.2H2O/c21-11-13-3-6-17-14(9-13)10-16(19(26)28-17)18(25)27-15-4-1-12(2-5-15)7-8-24-20(22)23;;;/h1-6,9-10H,7-8,11H2,(H4,22,23,24);1H;2*1H2. The Bertz CT molecular complexity index is 1100. The second-order valence-electron chi connectivity index (χ2n) is 6.12. The summed E-state index contributed by atoms with van der Waals surface area (Å²) in [7, 11) is 0. The number of carbonyl (C=O) groups excluding carboxylic acids is 1. The third-order valence-electron chi connectivity index (χ3n) is 4.05. The number of nitrogens with one attached hydrogen (secondary N) is 1. The Hall–Kier alpha value is -3.11. The molecular weight excluding hydrogens is 449 g/mol. The molecule has 1 aromatic heterocycles. The molecule has 1 heterocycles. The van der Waals surface area contributed by atoms with Crippen LogP contribution in [0.1, 0.15) is 21.5 Å². The van der Waals surface area contributed by atoms with Gasteiger partial charge in [0.1, 0.15) is 16.9 Å². The van der Waals surface area contributed by atoms with Crippen LogP contribution >= 0.6 is 11.6 Å². The zero-order valence-electron chi connectivity index (χ0n) is 16.3. The molecular formula is C20H23Cl2N3O6. The largest absolute Gasteiger partial charge is 1.00 e. The van der Waals surface area contributed by atoms with E-state index < -0.39 is 11.6 Å². The highest BCUT2D eigenvalue weighted by Gasteiger charge is 2.16. The minimum atomic E-state index is -0.785. The van der Waals surface area contributed by atoms with Crippen molar-refractivity contribution in [1.29, 1.82) is 0 Å². The van der Waals surface area contributed by atoms with E-state index in [0.717, 1.165) is 11.1 Å². The first-order chi connectivity index (χ1) is 13.5. The molecule has 3 aromatic rings. The van der Waals surface area contributed by atoms with Gasteiger partial charge in [0, 0.05) is 17.7 Å². The van der Waals surface area contributed by atoms with Crippen LogP contribution in [0.2, 0.25) is 0 Å². The number of halogens is 2. The number of hydrogen-bond donors (Lipinski definition) is 3. The highest BCUT2D eigenvalue weighted by molar-refractivity contribution is 6.17. The molecule has 0 aliphatic rings. The Balaban J connectivity index is 0.00000300. The molecule has 0 saturated carbocycles. The van der Waals surface area contributed by atoms with Crippen LogP contribution in [0.4, 0.5) is 0 Å². The number of guanidine groups is 1. The minimum absolute atomic E-state index is 0. The van der Waals surface area contributed by atoms with Crippen LogP contribution in [-0.2, 0) is 12.3 Å². The lowest BCUT2D eigenvalue weighted by Crippen LogP contribution is -3.00. The summed E-state index contributed by atoms with van der Waals surface area (Å²) in [5.41, 5.74) is 12.0. The zero-order chi connectivity index (χ0) is 20.1. The minimum Gasteiger partial charge on any atom is -1.00 e. The van der Waals surface area contributed by atoms with Gasteiger partial charge in [0.2, 0.25) is 0 Å². The van der Waals surface area contributed by atoms with Crippen LogP contribution in [0.3, 0.4) is 0 Å². The van der Waals surface area contributed by atoms with Gasteiger partial charge >= 0.3 is 17.6 Å². The van der Waals surface area contributed by atoms with Gasteiger partial charge in [-0.1, -0.05) is 18.2 Å². The predicted octanol–water partition coefficient (Wildman–Crippen LogP) is -4.00. The van der Waals surface area contributed by atoms with E-state index in [4.69, 9.17) is 32.2 Å². The Morgan fingerprint density at radius 1 is 1.03 bits per heavy atom. The van der Waals surface area contributed by atoms with Crippen LogP contribution in [0.5, 0.6) is 5.75 Å². The number of benzene rings is 2. The number of carbonyl (C=O) groups is 1. The molecule has 168 valence electrons. The molecule has 31 heavy (non-hydrogen) atoms. The first-order valence-corrected chi connectivity index (χ1v) is 9.05. The van der Waals surface area contributed by atoms with E-state index in [1.807, 2.05) is 12.1 Å². The number of alkyl halides is 1. The van der Waals surface area contributed by atoms with Gasteiger partial charge in [0.25, 0.3) is 0 Å². The van der Waals surface area contributed by atoms with E-state index in [1.54, 1.807) is 30.3 Å². The summed E-state index contributed by atoms with van der Waals surface area (Å²) in [6.07, 6.45) is 0.698. The molecule has 0 fully saturated rings. The molecule has 3 rings (SSSR count). The van der Waals surface area contributed by atoms with E-state index in [-0.39, 0.29) is 34.9 Å². The fourth-order valence-corrected chi connectivity index (χ4v) is 2.80. The van der Waals surface area contributed by atoms with Crippen molar-refractivity contribution in [3.05, 3.63) is 75.6 Å². The maximum absolute atomic E-state index is 12.4. The Labute approximate surface area is 188 Å². The number of esters is 1. The molecule has 0 saturated heterocycles. The molecule has 2 aromatic carbocycles. The number of nitrogens with two attached hydrogens (primary N) is 2. The third-order valence-corrected chi connectivity index (χ3v) is 4.36. The summed E-state index contributed by atoms with van der Waals surface area (Å²) in [6, 6.07) is 13.5. The fourth-order valence-electron chi connectivity index (χ4n) is 2.64. The molecule has 0 atom stereocenters. The number of fused-ring (bicyclic) bond motifs is 1. The maximum Gasteiger partial charge on any atom is 0.351 e. The van der Waals surface area contributed by atoms with Crippen LogP contribution < -0.4 is 39.2 Å². The van der Waals surface area contributed by atoms with Crippen LogP contribution in [0.25, 0.3) is 11.0 Å². The smallest absolute Gasteiger partial charge is 0.351 e. The van der Waals surface area contributed by atoms with E-state index in [2.05, 4.69) is 4.99 Å². The van der Waals surface area contributed by atoms with Crippen molar-refractivity contribution in [3.63, 3.8) is 0 Å². The molecule has 0 spiro atoms. The second-order valence-corrected chi connectivity index (χ2v) is 6.39. The van der Waals surface area contributed by atoms with Gasteiger partial charge in [-0.15, -0.1) is 11.6 Å². The van der Waals surface area contributed by atoms with Crippen molar-refractivity contribution < 1.29 is 42.3 Å². The normalized spacial score (nSPS) is 9.58. The van der Waals surface area contributed by atoms with Gasteiger partial charge in [-0.2, -0.15) is 0 Å². The Kier molecular flexibility index (Phi) is 11.3. The number of ether oxygens (including phenoxy) is 1. The van der Waals surface area contributed by atoms with E-state index in [0.29, 0.717) is 35.6 Å². The summed E-state index contributed by atoms with van der Waals surface area (Å²) in [5.74, 6) is 0.0116. The third kappa shape index (κ3) is 7.26. The predicted molar refractivity (Wildman–Crippen MR) is 114 cm³/mol. The molecule has 11 heteroatoms. The van der Waals surface area contributed by atoms with Crippen molar-refractivity contribution in [2.75, 3.05) is 6.54 Å². The van der Waals surface area contributed by atoms with Gasteiger partial charge < -0.3 is 32.5 Å². The topological polar surface area (TPSA) is 186 Å². The molecule has 0 amide bonds. The molecule has 0 aliphatic carbocycles. The summed E-state index contributed by atoms with van der Waals surface area (Å²) in [5, 5.41) is 0.600. The Morgan fingerprint density at radius 3 is 2.29 bits per heavy atom. The average molecular weight is 472 g/mol. The van der Waals surface area contributed by atoms with Gasteiger partial charge in [0.15, 0.2) is 0 Å². The lowest BCUT2D eigenvalue weighted by Gasteiger charge is -2.06. The molecule has 0 aliphatic heterocycles. The summed E-state index contributed by atoms with van der Waals surface area (Å²) >= 11 is 5.83. The molecule has 0 bridgehead atoms. The quantitative estimate of drug-likeness (QED) is 0.0819. The zero-order valence-corrected chi connectivity index (χ0v) is 17.8. The summed E-state index contributed by atoms with van der Waals surface area (Å²) < 4.78 is 10.5. The SMILES string of the molecule is NC(N)=[NH+]CCc1ccc(OC(=O)c2cc3cc(CCl)ccc3oc2=O)cc1.O.O.[Cl-]. The van der Waals surface area contributed by atoms with Gasteiger partial charge in [0.05, 0.1) is 6.54 Å². The number of rotatable bonds is 6. The summed E-state index contributed by atoms with van der Waals surface area (Å²) in [4.78, 5) is 27.4. The van der Waals surface area contributed by atoms with E-state index in [9.17, 15) is 9.59 Å². The lowest BCUT2D eigenvalue weighted by atomic mass is 10.1. The first-order valence-electron chi connectivity index (χ1n) is 8.52. The molecule has 9 N–H and O–H groups in total. The second kappa shape index (κ2) is 12.6. The van der Waals surface area contributed by atoms with Crippen LogP contribution in [-0.4, -0.2) is 29.4 Å². The Morgan fingerprint density at radius 2 is 1.68 bits per heavy atom. The molecule has 0 unspecified atom stereocenters. The number of hydrogen-bond acceptors (Lipinski definition) is 4. The van der Waals surface area contributed by atoms with Gasteiger partial charge in [-0.3, -0.25) is 16.5 Å². The van der Waals surface area contributed by atoms with Crippen molar-refractivity contribution in [2.45, 2.75) is 12.3 Å². The van der Waals surface area contributed by atoms with E-state index >= 15 is 0 Å². The van der Waals surface area contributed by atoms with Crippen molar-refractivity contribution in [1.82, 2.24) is 0 Å². The molecule has 9 nitrogen and oxygen atoms in total. The van der Waals surface area contributed by atoms with Gasteiger partial charge in [-0.05, 0) is 41.5 Å². The molecule has 0 radical (unpaired) electrons. The van der Waals surface area contributed by atoms with Crippen LogP contribution in [0.15, 0.2) is 57.7 Å². The highest BCUT2D eigenvalue weighted by atomic mass is 35.5. The summed E-state index contributed by atoms with van der Waals surface area (Å²) in [6.45, 7) is 0.587. The highest BCUT2D eigenvalue weighted by Crippen LogP contribution is 2.19. The first kappa shape index (κ1) is 27.9. The van der Waals surface area contributed by atoms with Crippen LogP contribution in [0, 0.1) is 0 Å². The maximum atomic E-state index is 12.4. The van der Waals surface area contributed by atoms with Crippen molar-refractivity contribution in [2.24, 2.45) is 11.5 Å². The lowest BCUT2D eigenvalue weighted by molar-refractivity contribution is -0.458. The van der Waals surface area contributed by atoms with Crippen molar-refractivity contribution >= 4 is 34.5 Å². The van der Waals surface area contributed by atoms with Crippen molar-refractivity contribution in [3.8, 4) is 5.75 Å². The fraction of sp³-hybridized carbons (Fsp3) is 0.150. The van der Waals surface area contributed by atoms with E-state index in [1.165, 1.54) is 6.07 Å². The average Bonchev–Trinajstić information content (AvgIpc) is 2.68. The monoisotopic (exact) mass is 471 g/mol.